The standard InChI is InChI=1S/C11H19N3O/c1-9-6-14(13)11(8(12)15)5-7(9)3-4-10(9,11)2/h7H,3-6,13H2,1-2H3,(H2,12,15)/t7-,9-,10-,11+/m0/s1. The molecule has 3 rings (SSSR count). The molecule has 0 aromatic heterocycles. The Morgan fingerprint density at radius 2 is 2.13 bits per heavy atom. The summed E-state index contributed by atoms with van der Waals surface area (Å²) in [6.07, 6.45) is 3.19. The van der Waals surface area contributed by atoms with Crippen LogP contribution >= 0.6 is 0 Å². The van der Waals surface area contributed by atoms with Crippen molar-refractivity contribution in [3.8, 4) is 0 Å². The van der Waals surface area contributed by atoms with Gasteiger partial charge in [-0.25, -0.2) is 5.01 Å². The molecule has 1 aliphatic heterocycles. The van der Waals surface area contributed by atoms with Crippen LogP contribution in [0.25, 0.3) is 0 Å². The zero-order chi connectivity index (χ0) is 11.1. The van der Waals surface area contributed by atoms with Crippen LogP contribution in [0.5, 0.6) is 0 Å². The Balaban J connectivity index is 2.22. The highest BCUT2D eigenvalue weighted by Crippen LogP contribution is 2.74. The second-order valence-corrected chi connectivity index (χ2v) is 6.04. The highest BCUT2D eigenvalue weighted by molar-refractivity contribution is 5.87. The number of hydrogen-bond donors (Lipinski definition) is 2. The molecule has 0 aromatic carbocycles. The van der Waals surface area contributed by atoms with E-state index in [2.05, 4.69) is 13.8 Å². The van der Waals surface area contributed by atoms with Gasteiger partial charge in [-0.3, -0.25) is 10.6 Å². The van der Waals surface area contributed by atoms with E-state index >= 15 is 0 Å². The van der Waals surface area contributed by atoms with Gasteiger partial charge < -0.3 is 5.73 Å². The van der Waals surface area contributed by atoms with Gasteiger partial charge in [-0.15, -0.1) is 0 Å². The predicted octanol–water partition coefficient (Wildman–Crippen LogP) is 0.226. The third kappa shape index (κ3) is 0.658. The van der Waals surface area contributed by atoms with Crippen molar-refractivity contribution in [3.05, 3.63) is 0 Å². The summed E-state index contributed by atoms with van der Waals surface area (Å²) in [6.45, 7) is 5.30. The van der Waals surface area contributed by atoms with Crippen molar-refractivity contribution in [2.24, 2.45) is 28.3 Å². The Morgan fingerprint density at radius 3 is 2.60 bits per heavy atom. The molecule has 1 heterocycles. The number of carbonyl (C=O) groups excluding carboxylic acids is 1. The van der Waals surface area contributed by atoms with Crippen LogP contribution in [0.1, 0.15) is 33.1 Å². The first kappa shape index (κ1) is 9.60. The lowest BCUT2D eigenvalue weighted by Crippen LogP contribution is -2.63. The molecule has 4 atom stereocenters. The molecule has 0 radical (unpaired) electrons. The number of amides is 1. The molecule has 0 aromatic rings. The van der Waals surface area contributed by atoms with Crippen LogP contribution in [0, 0.1) is 16.7 Å². The van der Waals surface area contributed by atoms with Crippen molar-refractivity contribution in [3.63, 3.8) is 0 Å². The van der Waals surface area contributed by atoms with E-state index in [9.17, 15) is 4.79 Å². The first-order valence-electron chi connectivity index (χ1n) is 5.71. The van der Waals surface area contributed by atoms with E-state index in [1.807, 2.05) is 0 Å². The summed E-state index contributed by atoms with van der Waals surface area (Å²) in [5.41, 5.74) is 5.25. The van der Waals surface area contributed by atoms with Crippen molar-refractivity contribution in [2.45, 2.75) is 38.6 Å². The summed E-state index contributed by atoms with van der Waals surface area (Å²) in [5, 5.41) is 1.73. The summed E-state index contributed by atoms with van der Waals surface area (Å²) < 4.78 is 0. The minimum atomic E-state index is -0.565. The third-order valence-electron chi connectivity index (χ3n) is 6.01. The quantitative estimate of drug-likeness (QED) is 0.607. The number of hydrogen-bond acceptors (Lipinski definition) is 3. The second kappa shape index (κ2) is 2.23. The molecule has 0 spiro atoms. The summed E-state index contributed by atoms with van der Waals surface area (Å²) in [4.78, 5) is 11.8. The Morgan fingerprint density at radius 1 is 1.47 bits per heavy atom. The Labute approximate surface area is 89.9 Å². The van der Waals surface area contributed by atoms with E-state index in [0.717, 1.165) is 19.4 Å². The van der Waals surface area contributed by atoms with Crippen LogP contribution in [-0.4, -0.2) is 23.0 Å². The second-order valence-electron chi connectivity index (χ2n) is 6.04. The third-order valence-corrected chi connectivity index (χ3v) is 6.01. The molecular weight excluding hydrogens is 190 g/mol. The first-order chi connectivity index (χ1) is 6.88. The van der Waals surface area contributed by atoms with Gasteiger partial charge in [0.1, 0.15) is 5.54 Å². The van der Waals surface area contributed by atoms with E-state index < -0.39 is 5.54 Å². The molecule has 1 amide bonds. The maximum atomic E-state index is 11.8. The van der Waals surface area contributed by atoms with Crippen LogP contribution in [0.3, 0.4) is 0 Å². The van der Waals surface area contributed by atoms with Crippen molar-refractivity contribution < 1.29 is 4.79 Å². The van der Waals surface area contributed by atoms with Gasteiger partial charge in [-0.1, -0.05) is 13.8 Å². The molecule has 4 N–H and O–H groups in total. The lowest BCUT2D eigenvalue weighted by atomic mass is 9.65. The fourth-order valence-electron chi connectivity index (χ4n) is 4.85. The topological polar surface area (TPSA) is 72.4 Å². The number of piperidine rings is 1. The van der Waals surface area contributed by atoms with Crippen LogP contribution < -0.4 is 11.6 Å². The largest absolute Gasteiger partial charge is 0.368 e. The molecule has 3 aliphatic rings. The Bertz CT molecular complexity index is 358. The highest BCUT2D eigenvalue weighted by atomic mass is 16.2. The zero-order valence-electron chi connectivity index (χ0n) is 9.42. The average molecular weight is 209 g/mol. The Kier molecular flexibility index (Phi) is 1.43. The maximum Gasteiger partial charge on any atom is 0.239 e. The molecule has 3 fully saturated rings. The lowest BCUT2D eigenvalue weighted by molar-refractivity contribution is -0.135. The number of hydrazine groups is 1. The Hall–Kier alpha value is -0.610. The first-order valence-corrected chi connectivity index (χ1v) is 5.71. The minimum absolute atomic E-state index is 0.00868. The number of rotatable bonds is 1. The van der Waals surface area contributed by atoms with E-state index in [4.69, 9.17) is 11.6 Å². The molecule has 0 unspecified atom stereocenters. The minimum Gasteiger partial charge on any atom is -0.368 e. The molecule has 2 aliphatic carbocycles. The molecule has 4 heteroatoms. The molecular formula is C11H19N3O. The number of primary amides is 1. The smallest absolute Gasteiger partial charge is 0.239 e. The monoisotopic (exact) mass is 209 g/mol. The number of nitrogens with two attached hydrogens (primary N) is 2. The van der Waals surface area contributed by atoms with E-state index in [0.29, 0.717) is 5.92 Å². The predicted molar refractivity (Wildman–Crippen MR) is 56.4 cm³/mol. The normalized spacial score (nSPS) is 57.7. The summed E-state index contributed by atoms with van der Waals surface area (Å²) in [6, 6.07) is 0. The lowest BCUT2D eigenvalue weighted by Gasteiger charge is -2.43. The zero-order valence-corrected chi connectivity index (χ0v) is 9.42. The van der Waals surface area contributed by atoms with Crippen molar-refractivity contribution in [1.82, 2.24) is 5.01 Å². The van der Waals surface area contributed by atoms with E-state index in [1.54, 1.807) is 5.01 Å². The van der Waals surface area contributed by atoms with Gasteiger partial charge in [0.05, 0.1) is 0 Å². The van der Waals surface area contributed by atoms with Crippen molar-refractivity contribution in [1.29, 1.82) is 0 Å². The number of nitrogens with zero attached hydrogens (tertiary/aromatic N) is 1. The van der Waals surface area contributed by atoms with Gasteiger partial charge in [-0.05, 0) is 30.6 Å². The van der Waals surface area contributed by atoms with Gasteiger partial charge in [0, 0.05) is 12.0 Å². The fraction of sp³-hybridized carbons (Fsp3) is 0.909. The van der Waals surface area contributed by atoms with Gasteiger partial charge in [0.15, 0.2) is 0 Å². The van der Waals surface area contributed by atoms with Gasteiger partial charge in [0.25, 0.3) is 0 Å². The summed E-state index contributed by atoms with van der Waals surface area (Å²) in [7, 11) is 0. The molecule has 4 bridgehead atoms. The van der Waals surface area contributed by atoms with Crippen LogP contribution in [0.15, 0.2) is 0 Å². The van der Waals surface area contributed by atoms with E-state index in [-0.39, 0.29) is 16.7 Å². The van der Waals surface area contributed by atoms with Crippen molar-refractivity contribution in [2.75, 3.05) is 6.54 Å². The maximum absolute atomic E-state index is 11.8. The molecule has 4 nitrogen and oxygen atoms in total. The van der Waals surface area contributed by atoms with Crippen molar-refractivity contribution >= 4 is 5.91 Å². The average Bonchev–Trinajstić information content (AvgIpc) is 2.55. The van der Waals surface area contributed by atoms with Crippen LogP contribution in [-0.2, 0) is 4.79 Å². The van der Waals surface area contributed by atoms with Crippen LogP contribution in [0.2, 0.25) is 0 Å². The van der Waals surface area contributed by atoms with Gasteiger partial charge >= 0.3 is 0 Å². The van der Waals surface area contributed by atoms with Gasteiger partial charge in [-0.2, -0.15) is 0 Å². The fourth-order valence-corrected chi connectivity index (χ4v) is 4.85. The van der Waals surface area contributed by atoms with Crippen LogP contribution in [0.4, 0.5) is 0 Å². The van der Waals surface area contributed by atoms with E-state index in [1.165, 1.54) is 6.42 Å². The molecule has 2 saturated carbocycles. The molecule has 1 saturated heterocycles. The summed E-state index contributed by atoms with van der Waals surface area (Å²) >= 11 is 0. The molecule has 15 heavy (non-hydrogen) atoms. The summed E-state index contributed by atoms with van der Waals surface area (Å²) in [5.74, 6) is 6.46. The van der Waals surface area contributed by atoms with Gasteiger partial charge in [0.2, 0.25) is 5.91 Å². The molecule has 84 valence electrons. The highest BCUT2D eigenvalue weighted by Gasteiger charge is 2.79. The SMILES string of the molecule is C[C@@]12CC[C@H]3C[C@]1(C(N)=O)N(N)C[C@@]32C. The number of carbonyl (C=O) groups is 1.